The Bertz CT molecular complexity index is 1200. The molecular weight excluding hydrogens is 372 g/mol. The topological polar surface area (TPSA) is 92.9 Å². The molecule has 0 bridgehead atoms. The van der Waals surface area contributed by atoms with Crippen LogP contribution in [0, 0.1) is 21.7 Å². The monoisotopic (exact) mass is 381 g/mol. The quantitative estimate of drug-likeness (QED) is 0.300. The summed E-state index contributed by atoms with van der Waals surface area (Å²) in [6.07, 6.45) is 0.932. The Balaban J connectivity index is 1.82. The van der Waals surface area contributed by atoms with Crippen LogP contribution < -0.4 is 0 Å². The van der Waals surface area contributed by atoms with Gasteiger partial charge in [-0.15, -0.1) is 0 Å². The van der Waals surface area contributed by atoms with E-state index in [0.717, 1.165) is 18.3 Å². The van der Waals surface area contributed by atoms with Crippen LogP contribution in [0.4, 0.5) is 14.5 Å². The highest BCUT2D eigenvalue weighted by molar-refractivity contribution is 6.26. The molecular formula is C19H9F2N3O4. The number of hydrogen-bond acceptors (Lipinski definition) is 5. The smallest absolute Gasteiger partial charge is 0.267 e. The third kappa shape index (κ3) is 2.60. The van der Waals surface area contributed by atoms with E-state index < -0.39 is 28.4 Å². The lowest BCUT2D eigenvalue weighted by Gasteiger charge is -2.22. The molecule has 0 atom stereocenters. The summed E-state index contributed by atoms with van der Waals surface area (Å²) < 4.78 is 26.8. The minimum atomic E-state index is -0.904. The molecule has 9 heteroatoms. The molecule has 4 rings (SSSR count). The van der Waals surface area contributed by atoms with Crippen LogP contribution in [0.15, 0.2) is 53.6 Å². The molecule has 138 valence electrons. The number of imide groups is 1. The molecule has 3 aromatic carbocycles. The number of carbonyl (C=O) groups excluding carboxylic acids is 2. The summed E-state index contributed by atoms with van der Waals surface area (Å²) in [6, 6.07) is 9.54. The van der Waals surface area contributed by atoms with Crippen molar-refractivity contribution in [1.29, 1.82) is 0 Å². The highest BCUT2D eigenvalue weighted by atomic mass is 19.1. The normalized spacial score (nSPS) is 13.6. The predicted molar refractivity (Wildman–Crippen MR) is 95.1 cm³/mol. The van der Waals surface area contributed by atoms with E-state index in [-0.39, 0.29) is 33.2 Å². The minimum absolute atomic E-state index is 0.0625. The molecule has 1 heterocycles. The Kier molecular flexibility index (Phi) is 3.92. The van der Waals surface area contributed by atoms with Crippen LogP contribution in [-0.4, -0.2) is 28.0 Å². The van der Waals surface area contributed by atoms with Crippen molar-refractivity contribution < 1.29 is 23.3 Å². The number of benzene rings is 3. The van der Waals surface area contributed by atoms with Crippen molar-refractivity contribution in [2.24, 2.45) is 5.10 Å². The predicted octanol–water partition coefficient (Wildman–Crippen LogP) is 3.66. The van der Waals surface area contributed by atoms with E-state index in [1.54, 1.807) is 0 Å². The molecule has 2 amide bonds. The van der Waals surface area contributed by atoms with Crippen LogP contribution in [0.25, 0.3) is 10.8 Å². The third-order valence-electron chi connectivity index (χ3n) is 4.33. The fourth-order valence-corrected chi connectivity index (χ4v) is 3.06. The number of non-ortho nitro benzene ring substituents is 1. The van der Waals surface area contributed by atoms with Crippen LogP contribution in [0.5, 0.6) is 0 Å². The van der Waals surface area contributed by atoms with Gasteiger partial charge < -0.3 is 0 Å². The summed E-state index contributed by atoms with van der Waals surface area (Å²) in [5, 5.41) is 15.9. The van der Waals surface area contributed by atoms with Crippen molar-refractivity contribution in [3.8, 4) is 0 Å². The Morgan fingerprint density at radius 2 is 1.71 bits per heavy atom. The molecule has 0 saturated carbocycles. The molecule has 0 unspecified atom stereocenters. The van der Waals surface area contributed by atoms with Gasteiger partial charge in [-0.25, -0.2) is 8.78 Å². The lowest BCUT2D eigenvalue weighted by Crippen LogP contribution is -2.36. The van der Waals surface area contributed by atoms with Crippen molar-refractivity contribution in [3.05, 3.63) is 87.0 Å². The van der Waals surface area contributed by atoms with Gasteiger partial charge in [-0.3, -0.25) is 19.7 Å². The maximum absolute atomic E-state index is 13.8. The zero-order valence-corrected chi connectivity index (χ0v) is 13.9. The van der Waals surface area contributed by atoms with Gasteiger partial charge in [-0.2, -0.15) is 10.1 Å². The molecule has 28 heavy (non-hydrogen) atoms. The summed E-state index contributed by atoms with van der Waals surface area (Å²) in [4.78, 5) is 36.1. The third-order valence-corrected chi connectivity index (χ3v) is 4.33. The second kappa shape index (κ2) is 6.31. The molecule has 7 nitrogen and oxygen atoms in total. The summed E-state index contributed by atoms with van der Waals surface area (Å²) in [6.45, 7) is 0. The van der Waals surface area contributed by atoms with Gasteiger partial charge in [0.05, 0.1) is 27.7 Å². The number of nitrogens with zero attached hydrogens (tertiary/aromatic N) is 3. The summed E-state index contributed by atoms with van der Waals surface area (Å²) >= 11 is 0. The average molecular weight is 381 g/mol. The molecule has 1 aliphatic heterocycles. The number of nitro groups is 1. The SMILES string of the molecule is O=C1c2cccc3c([N+](=O)[O-])ccc(c23)C(=O)N1/N=C\c1ccc(F)cc1F. The van der Waals surface area contributed by atoms with E-state index in [2.05, 4.69) is 5.10 Å². The standard InChI is InChI=1S/C19H9F2N3O4/c20-11-5-4-10(15(21)8-11)9-22-23-18(25)13-3-1-2-12-16(24(27)28)7-6-14(17(12)13)19(23)26/h1-9H/b22-9-. The fraction of sp³-hybridized carbons (Fsp3) is 0. The molecule has 0 N–H and O–H groups in total. The van der Waals surface area contributed by atoms with Crippen LogP contribution in [-0.2, 0) is 0 Å². The van der Waals surface area contributed by atoms with Gasteiger partial charge in [-0.05, 0) is 30.3 Å². The van der Waals surface area contributed by atoms with Gasteiger partial charge >= 0.3 is 0 Å². The summed E-state index contributed by atoms with van der Waals surface area (Å²) in [7, 11) is 0. The molecule has 0 radical (unpaired) electrons. The number of hydrogen-bond donors (Lipinski definition) is 0. The molecule has 0 saturated heterocycles. The first-order chi connectivity index (χ1) is 13.4. The van der Waals surface area contributed by atoms with Crippen LogP contribution >= 0.6 is 0 Å². The van der Waals surface area contributed by atoms with Crippen LogP contribution in [0.2, 0.25) is 0 Å². The Labute approximate surface area is 155 Å². The van der Waals surface area contributed by atoms with Gasteiger partial charge in [0.15, 0.2) is 0 Å². The van der Waals surface area contributed by atoms with E-state index in [1.807, 2.05) is 0 Å². The highest BCUT2D eigenvalue weighted by Gasteiger charge is 2.34. The molecule has 3 aromatic rings. The largest absolute Gasteiger partial charge is 0.282 e. The number of carbonyl (C=O) groups is 2. The number of hydrazone groups is 1. The number of rotatable bonds is 3. The second-order valence-electron chi connectivity index (χ2n) is 5.95. The number of amides is 2. The number of nitro benzene ring substituents is 1. The molecule has 0 spiro atoms. The van der Waals surface area contributed by atoms with Crippen molar-refractivity contribution in [2.75, 3.05) is 0 Å². The van der Waals surface area contributed by atoms with Gasteiger partial charge in [0.2, 0.25) is 0 Å². The minimum Gasteiger partial charge on any atom is -0.267 e. The zero-order valence-electron chi connectivity index (χ0n) is 13.9. The number of halogens is 2. The summed E-state index contributed by atoms with van der Waals surface area (Å²) in [5.41, 5.74) is -0.221. The van der Waals surface area contributed by atoms with E-state index in [1.165, 1.54) is 30.3 Å². The maximum atomic E-state index is 13.8. The van der Waals surface area contributed by atoms with E-state index in [9.17, 15) is 28.5 Å². The highest BCUT2D eigenvalue weighted by Crippen LogP contribution is 2.35. The first-order valence-corrected chi connectivity index (χ1v) is 7.96. The van der Waals surface area contributed by atoms with Crippen molar-refractivity contribution in [2.45, 2.75) is 0 Å². The second-order valence-corrected chi connectivity index (χ2v) is 5.95. The van der Waals surface area contributed by atoms with Gasteiger partial charge in [0, 0.05) is 23.1 Å². The molecule has 0 fully saturated rings. The van der Waals surface area contributed by atoms with E-state index in [0.29, 0.717) is 11.1 Å². The van der Waals surface area contributed by atoms with Crippen molar-refractivity contribution >= 4 is 34.5 Å². The van der Waals surface area contributed by atoms with Crippen molar-refractivity contribution in [3.63, 3.8) is 0 Å². The Morgan fingerprint density at radius 1 is 1.00 bits per heavy atom. The van der Waals surface area contributed by atoms with Crippen LogP contribution in [0.1, 0.15) is 26.3 Å². The van der Waals surface area contributed by atoms with E-state index in [4.69, 9.17) is 0 Å². The van der Waals surface area contributed by atoms with Gasteiger partial charge in [0.25, 0.3) is 17.5 Å². The molecule has 0 aromatic heterocycles. The summed E-state index contributed by atoms with van der Waals surface area (Å²) in [5.74, 6) is -3.29. The first-order valence-electron chi connectivity index (χ1n) is 7.96. The molecule has 1 aliphatic rings. The fourth-order valence-electron chi connectivity index (χ4n) is 3.06. The van der Waals surface area contributed by atoms with E-state index >= 15 is 0 Å². The lowest BCUT2D eigenvalue weighted by molar-refractivity contribution is -0.383. The first kappa shape index (κ1) is 17.4. The van der Waals surface area contributed by atoms with Crippen LogP contribution in [0.3, 0.4) is 0 Å². The maximum Gasteiger partial charge on any atom is 0.282 e. The van der Waals surface area contributed by atoms with Crippen molar-refractivity contribution in [1.82, 2.24) is 5.01 Å². The van der Waals surface area contributed by atoms with Gasteiger partial charge in [0.1, 0.15) is 11.6 Å². The Hall–Kier alpha value is -4.01. The molecule has 0 aliphatic carbocycles. The average Bonchev–Trinajstić information content (AvgIpc) is 2.66. The van der Waals surface area contributed by atoms with Gasteiger partial charge in [-0.1, -0.05) is 6.07 Å². The Morgan fingerprint density at radius 3 is 2.39 bits per heavy atom. The zero-order chi connectivity index (χ0) is 20.0. The lowest BCUT2D eigenvalue weighted by atomic mass is 9.94.